The highest BCUT2D eigenvalue weighted by atomic mass is 35.5. The van der Waals surface area contributed by atoms with Crippen molar-refractivity contribution in [2.24, 2.45) is 0 Å². The number of rotatable bonds is 4. The van der Waals surface area contributed by atoms with Gasteiger partial charge in [-0.05, 0) is 30.2 Å². The van der Waals surface area contributed by atoms with Crippen molar-refractivity contribution in [1.82, 2.24) is 5.32 Å². The van der Waals surface area contributed by atoms with Crippen LogP contribution in [0.15, 0.2) is 18.2 Å². The SMILES string of the molecule is C#CCNC1(C(=O)OCC)Cc2ccc(Cl)cc2C1. The molecule has 0 aromatic heterocycles. The van der Waals surface area contributed by atoms with Crippen LogP contribution in [-0.2, 0) is 22.4 Å². The van der Waals surface area contributed by atoms with Crippen LogP contribution in [0.1, 0.15) is 18.1 Å². The molecule has 0 spiro atoms. The molecular formula is C15H16ClNO2. The Morgan fingerprint density at radius 3 is 2.95 bits per heavy atom. The van der Waals surface area contributed by atoms with Gasteiger partial charge in [0.2, 0.25) is 0 Å². The molecule has 1 aromatic carbocycles. The van der Waals surface area contributed by atoms with E-state index in [4.69, 9.17) is 22.8 Å². The highest BCUT2D eigenvalue weighted by molar-refractivity contribution is 6.30. The molecule has 1 unspecified atom stereocenters. The molecule has 0 aliphatic heterocycles. The van der Waals surface area contributed by atoms with E-state index in [0.29, 0.717) is 31.0 Å². The van der Waals surface area contributed by atoms with Crippen LogP contribution >= 0.6 is 11.6 Å². The summed E-state index contributed by atoms with van der Waals surface area (Å²) in [6.45, 7) is 2.49. The van der Waals surface area contributed by atoms with E-state index < -0.39 is 5.54 Å². The van der Waals surface area contributed by atoms with Gasteiger partial charge >= 0.3 is 5.97 Å². The maximum Gasteiger partial charge on any atom is 0.327 e. The number of hydrogen-bond donors (Lipinski definition) is 1. The lowest BCUT2D eigenvalue weighted by Gasteiger charge is -2.27. The van der Waals surface area contributed by atoms with Gasteiger partial charge in [0.1, 0.15) is 5.54 Å². The van der Waals surface area contributed by atoms with Crippen LogP contribution in [0.2, 0.25) is 5.02 Å². The van der Waals surface area contributed by atoms with Gasteiger partial charge in [-0.25, -0.2) is 0 Å². The first-order valence-electron chi connectivity index (χ1n) is 6.24. The van der Waals surface area contributed by atoms with Crippen molar-refractivity contribution in [2.75, 3.05) is 13.2 Å². The van der Waals surface area contributed by atoms with Crippen molar-refractivity contribution >= 4 is 17.6 Å². The van der Waals surface area contributed by atoms with Crippen LogP contribution in [0, 0.1) is 12.3 Å². The fourth-order valence-electron chi connectivity index (χ4n) is 2.48. The second kappa shape index (κ2) is 5.64. The molecule has 0 fully saturated rings. The summed E-state index contributed by atoms with van der Waals surface area (Å²) in [5.41, 5.74) is 1.43. The van der Waals surface area contributed by atoms with Crippen molar-refractivity contribution in [1.29, 1.82) is 0 Å². The third-order valence-electron chi connectivity index (χ3n) is 3.35. The quantitative estimate of drug-likeness (QED) is 0.675. The van der Waals surface area contributed by atoms with Crippen molar-refractivity contribution < 1.29 is 9.53 Å². The van der Waals surface area contributed by atoms with Crippen molar-refractivity contribution in [3.8, 4) is 12.3 Å². The van der Waals surface area contributed by atoms with E-state index in [2.05, 4.69) is 11.2 Å². The monoisotopic (exact) mass is 277 g/mol. The van der Waals surface area contributed by atoms with Crippen LogP contribution in [0.3, 0.4) is 0 Å². The van der Waals surface area contributed by atoms with Gasteiger partial charge in [-0.15, -0.1) is 6.42 Å². The van der Waals surface area contributed by atoms with Crippen LogP contribution < -0.4 is 5.32 Å². The molecule has 0 radical (unpaired) electrons. The Kier molecular flexibility index (Phi) is 4.14. The van der Waals surface area contributed by atoms with Gasteiger partial charge in [0, 0.05) is 17.9 Å². The maximum atomic E-state index is 12.2. The van der Waals surface area contributed by atoms with Crippen molar-refractivity contribution in [2.45, 2.75) is 25.3 Å². The molecule has 1 aliphatic rings. The topological polar surface area (TPSA) is 38.3 Å². The maximum absolute atomic E-state index is 12.2. The molecule has 3 nitrogen and oxygen atoms in total. The van der Waals surface area contributed by atoms with E-state index in [9.17, 15) is 4.79 Å². The summed E-state index contributed by atoms with van der Waals surface area (Å²) in [6.07, 6.45) is 6.43. The minimum atomic E-state index is -0.755. The number of terminal acetylenes is 1. The average Bonchev–Trinajstić information content (AvgIpc) is 2.75. The Labute approximate surface area is 118 Å². The van der Waals surface area contributed by atoms with Gasteiger partial charge < -0.3 is 4.74 Å². The number of carbonyl (C=O) groups excluding carboxylic acids is 1. The second-order valence-electron chi connectivity index (χ2n) is 4.63. The van der Waals surface area contributed by atoms with E-state index in [1.807, 2.05) is 18.2 Å². The first-order valence-corrected chi connectivity index (χ1v) is 6.62. The fourth-order valence-corrected chi connectivity index (χ4v) is 2.67. The van der Waals surface area contributed by atoms with E-state index in [-0.39, 0.29) is 5.97 Å². The molecule has 19 heavy (non-hydrogen) atoms. The van der Waals surface area contributed by atoms with E-state index in [0.717, 1.165) is 11.1 Å². The Hall–Kier alpha value is -1.50. The standard InChI is InChI=1S/C15H16ClNO2/c1-3-7-17-15(14(18)19-4-2)9-11-5-6-13(16)8-12(11)10-15/h1,5-6,8,17H,4,7,9-10H2,2H3. The third kappa shape index (κ3) is 2.75. The van der Waals surface area contributed by atoms with Gasteiger partial charge in [-0.2, -0.15) is 0 Å². The van der Waals surface area contributed by atoms with Gasteiger partial charge in [0.05, 0.1) is 13.2 Å². The fraction of sp³-hybridized carbons (Fsp3) is 0.400. The van der Waals surface area contributed by atoms with Crippen LogP contribution in [0.5, 0.6) is 0 Å². The second-order valence-corrected chi connectivity index (χ2v) is 5.06. The summed E-state index contributed by atoms with van der Waals surface area (Å²) in [5.74, 6) is 2.26. The number of benzene rings is 1. The zero-order chi connectivity index (χ0) is 13.9. The number of esters is 1. The zero-order valence-electron chi connectivity index (χ0n) is 10.8. The first kappa shape index (κ1) is 13.9. The molecular weight excluding hydrogens is 262 g/mol. The molecule has 0 saturated heterocycles. The first-order chi connectivity index (χ1) is 9.11. The molecule has 2 rings (SSSR count). The normalized spacial score (nSPS) is 20.7. The molecule has 1 atom stereocenters. The Morgan fingerprint density at radius 2 is 2.26 bits per heavy atom. The van der Waals surface area contributed by atoms with Crippen LogP contribution in [0.25, 0.3) is 0 Å². The highest BCUT2D eigenvalue weighted by Crippen LogP contribution is 2.33. The Morgan fingerprint density at radius 1 is 1.53 bits per heavy atom. The Bertz CT molecular complexity index is 535. The van der Waals surface area contributed by atoms with Gasteiger partial charge in [-0.3, -0.25) is 10.1 Å². The summed E-state index contributed by atoms with van der Waals surface area (Å²) < 4.78 is 5.18. The number of carbonyl (C=O) groups is 1. The summed E-state index contributed by atoms with van der Waals surface area (Å²) in [4.78, 5) is 12.2. The largest absolute Gasteiger partial charge is 0.465 e. The number of halogens is 1. The average molecular weight is 278 g/mol. The van der Waals surface area contributed by atoms with Crippen LogP contribution in [0.4, 0.5) is 0 Å². The summed E-state index contributed by atoms with van der Waals surface area (Å²) in [6, 6.07) is 5.69. The molecule has 0 heterocycles. The molecule has 0 bridgehead atoms. The van der Waals surface area contributed by atoms with Crippen molar-refractivity contribution in [3.63, 3.8) is 0 Å². The lowest BCUT2D eigenvalue weighted by atomic mass is 9.95. The highest BCUT2D eigenvalue weighted by Gasteiger charge is 2.44. The van der Waals surface area contributed by atoms with E-state index in [1.54, 1.807) is 6.92 Å². The summed E-state index contributed by atoms with van der Waals surface area (Å²) >= 11 is 5.99. The molecule has 4 heteroatoms. The minimum absolute atomic E-state index is 0.252. The molecule has 0 saturated carbocycles. The van der Waals surface area contributed by atoms with E-state index in [1.165, 1.54) is 0 Å². The van der Waals surface area contributed by atoms with Gasteiger partial charge in [0.15, 0.2) is 0 Å². The summed E-state index contributed by atoms with van der Waals surface area (Å²) in [7, 11) is 0. The lowest BCUT2D eigenvalue weighted by molar-refractivity contribution is -0.150. The van der Waals surface area contributed by atoms with Gasteiger partial charge in [0.25, 0.3) is 0 Å². The van der Waals surface area contributed by atoms with Gasteiger partial charge in [-0.1, -0.05) is 23.6 Å². The van der Waals surface area contributed by atoms with E-state index >= 15 is 0 Å². The third-order valence-corrected chi connectivity index (χ3v) is 3.58. The minimum Gasteiger partial charge on any atom is -0.465 e. The smallest absolute Gasteiger partial charge is 0.327 e. The molecule has 1 N–H and O–H groups in total. The molecule has 0 amide bonds. The predicted molar refractivity (Wildman–Crippen MR) is 75.1 cm³/mol. The van der Waals surface area contributed by atoms with Crippen LogP contribution in [-0.4, -0.2) is 24.7 Å². The zero-order valence-corrected chi connectivity index (χ0v) is 11.6. The van der Waals surface area contributed by atoms with Crippen molar-refractivity contribution in [3.05, 3.63) is 34.3 Å². The molecule has 100 valence electrons. The Balaban J connectivity index is 2.28. The predicted octanol–water partition coefficient (Wildman–Crippen LogP) is 1.96. The number of nitrogens with one attached hydrogen (secondary N) is 1. The summed E-state index contributed by atoms with van der Waals surface area (Å²) in [5, 5.41) is 3.82. The number of ether oxygens (including phenoxy) is 1. The lowest BCUT2D eigenvalue weighted by Crippen LogP contribution is -2.54. The number of fused-ring (bicyclic) bond motifs is 1. The molecule has 1 aromatic rings. The molecule has 1 aliphatic carbocycles. The number of hydrogen-bond acceptors (Lipinski definition) is 3.